The molecule has 4 N–H and O–H groups in total. The van der Waals surface area contributed by atoms with E-state index >= 15 is 0 Å². The molecule has 0 aliphatic carbocycles. The van der Waals surface area contributed by atoms with Crippen LogP contribution >= 0.6 is 0 Å². The minimum Gasteiger partial charge on any atom is -0.451 e. The SMILES string of the molecule is Nc1ccc(C(=O)Nc2ccc(-c3ccc(C(=O)NC4CN5CCC4CC5)o3)cc2)cc1. The Bertz CT molecular complexity index is 1110. The Morgan fingerprint density at radius 2 is 1.62 bits per heavy atom. The van der Waals surface area contributed by atoms with Gasteiger partial charge in [-0.2, -0.15) is 0 Å². The molecule has 1 unspecified atom stereocenters. The highest BCUT2D eigenvalue weighted by atomic mass is 16.3. The number of nitrogens with two attached hydrogens (primary N) is 1. The number of furan rings is 1. The normalized spacial score (nSPS) is 21.8. The molecule has 3 saturated heterocycles. The number of benzene rings is 2. The third kappa shape index (κ3) is 4.24. The predicted molar refractivity (Wildman–Crippen MR) is 123 cm³/mol. The lowest BCUT2D eigenvalue weighted by molar-refractivity contribution is 0.0606. The topological polar surface area (TPSA) is 101 Å². The molecule has 3 aliphatic heterocycles. The fourth-order valence-corrected chi connectivity index (χ4v) is 4.54. The molecule has 3 fully saturated rings. The number of carbonyl (C=O) groups is 2. The molecule has 32 heavy (non-hydrogen) atoms. The Morgan fingerprint density at radius 3 is 2.28 bits per heavy atom. The van der Waals surface area contributed by atoms with E-state index in [9.17, 15) is 9.59 Å². The van der Waals surface area contributed by atoms with Gasteiger partial charge in [-0.15, -0.1) is 0 Å². The molecule has 3 aliphatic rings. The van der Waals surface area contributed by atoms with Crippen molar-refractivity contribution in [3.63, 3.8) is 0 Å². The highest BCUT2D eigenvalue weighted by Crippen LogP contribution is 2.28. The van der Waals surface area contributed by atoms with Gasteiger partial charge in [-0.05, 0) is 92.5 Å². The van der Waals surface area contributed by atoms with Gasteiger partial charge < -0.3 is 25.7 Å². The van der Waals surface area contributed by atoms with E-state index in [0.717, 1.165) is 38.0 Å². The van der Waals surface area contributed by atoms with E-state index in [4.69, 9.17) is 10.2 Å². The summed E-state index contributed by atoms with van der Waals surface area (Å²) in [4.78, 5) is 27.4. The first kappa shape index (κ1) is 20.3. The summed E-state index contributed by atoms with van der Waals surface area (Å²) in [5.41, 5.74) is 8.31. The second-order valence-electron chi connectivity index (χ2n) is 8.54. The summed E-state index contributed by atoms with van der Waals surface area (Å²) in [6.07, 6.45) is 2.30. The van der Waals surface area contributed by atoms with E-state index in [1.54, 1.807) is 48.5 Å². The van der Waals surface area contributed by atoms with Crippen LogP contribution in [0.2, 0.25) is 0 Å². The summed E-state index contributed by atoms with van der Waals surface area (Å²) in [5.74, 6) is 1.12. The third-order valence-corrected chi connectivity index (χ3v) is 6.40. The van der Waals surface area contributed by atoms with Gasteiger partial charge in [0.2, 0.25) is 0 Å². The van der Waals surface area contributed by atoms with Crippen LogP contribution in [-0.2, 0) is 0 Å². The van der Waals surface area contributed by atoms with E-state index in [-0.39, 0.29) is 17.9 Å². The van der Waals surface area contributed by atoms with Crippen LogP contribution in [0.3, 0.4) is 0 Å². The molecule has 6 rings (SSSR count). The molecule has 4 heterocycles. The highest BCUT2D eigenvalue weighted by Gasteiger charge is 2.35. The number of nitrogen functional groups attached to an aromatic ring is 1. The Hall–Kier alpha value is -3.58. The lowest BCUT2D eigenvalue weighted by Crippen LogP contribution is -2.57. The summed E-state index contributed by atoms with van der Waals surface area (Å²) >= 11 is 0. The summed E-state index contributed by atoms with van der Waals surface area (Å²) in [6.45, 7) is 3.20. The molecule has 0 spiro atoms. The van der Waals surface area contributed by atoms with Crippen molar-refractivity contribution in [2.75, 3.05) is 30.7 Å². The standard InChI is InChI=1S/C25H26N4O3/c26-19-5-1-18(2-6-19)24(30)27-20-7-3-17(4-8-20)22-9-10-23(32-22)25(31)28-21-15-29-13-11-16(21)12-14-29/h1-10,16,21H,11-15,26H2,(H,27,30)(H,28,31). The average molecular weight is 431 g/mol. The molecule has 1 atom stereocenters. The van der Waals surface area contributed by atoms with Crippen LogP contribution in [0.1, 0.15) is 33.8 Å². The van der Waals surface area contributed by atoms with Gasteiger partial charge in [0.25, 0.3) is 11.8 Å². The Balaban J connectivity index is 1.21. The second-order valence-corrected chi connectivity index (χ2v) is 8.54. The molecule has 2 amide bonds. The highest BCUT2D eigenvalue weighted by molar-refractivity contribution is 6.04. The van der Waals surface area contributed by atoms with Crippen molar-refractivity contribution in [2.24, 2.45) is 5.92 Å². The van der Waals surface area contributed by atoms with Gasteiger partial charge in [0, 0.05) is 35.1 Å². The number of rotatable bonds is 5. The van der Waals surface area contributed by atoms with Gasteiger partial charge in [0.1, 0.15) is 5.76 Å². The van der Waals surface area contributed by atoms with Gasteiger partial charge in [0.05, 0.1) is 0 Å². The lowest BCUT2D eigenvalue weighted by Gasteiger charge is -2.44. The Kier molecular flexibility index (Phi) is 5.41. The Labute approximate surface area is 186 Å². The van der Waals surface area contributed by atoms with E-state index in [1.807, 2.05) is 12.1 Å². The smallest absolute Gasteiger partial charge is 0.287 e. The van der Waals surface area contributed by atoms with Crippen molar-refractivity contribution in [3.8, 4) is 11.3 Å². The molecule has 1 aromatic heterocycles. The number of hydrogen-bond donors (Lipinski definition) is 3. The first-order chi connectivity index (χ1) is 15.5. The molecule has 7 heteroatoms. The van der Waals surface area contributed by atoms with Crippen LogP contribution in [0.4, 0.5) is 11.4 Å². The summed E-state index contributed by atoms with van der Waals surface area (Å²) in [5, 5.41) is 6.01. The van der Waals surface area contributed by atoms with Gasteiger partial charge in [-0.1, -0.05) is 0 Å². The van der Waals surface area contributed by atoms with E-state index in [1.165, 1.54) is 0 Å². The maximum atomic E-state index is 12.7. The van der Waals surface area contributed by atoms with Crippen molar-refractivity contribution >= 4 is 23.2 Å². The van der Waals surface area contributed by atoms with Crippen LogP contribution in [0.25, 0.3) is 11.3 Å². The van der Waals surface area contributed by atoms with Crippen molar-refractivity contribution in [3.05, 3.63) is 72.0 Å². The van der Waals surface area contributed by atoms with E-state index in [2.05, 4.69) is 15.5 Å². The molecule has 2 bridgehead atoms. The lowest BCUT2D eigenvalue weighted by atomic mass is 9.84. The van der Waals surface area contributed by atoms with Crippen molar-refractivity contribution in [1.29, 1.82) is 0 Å². The number of carbonyl (C=O) groups excluding carboxylic acids is 2. The Morgan fingerprint density at radius 1 is 0.906 bits per heavy atom. The minimum atomic E-state index is -0.206. The van der Waals surface area contributed by atoms with Gasteiger partial charge in [0.15, 0.2) is 5.76 Å². The number of nitrogens with one attached hydrogen (secondary N) is 2. The number of amides is 2. The van der Waals surface area contributed by atoms with Crippen LogP contribution < -0.4 is 16.4 Å². The maximum absolute atomic E-state index is 12.7. The molecule has 7 nitrogen and oxygen atoms in total. The number of piperidine rings is 3. The van der Waals surface area contributed by atoms with Gasteiger partial charge >= 0.3 is 0 Å². The van der Waals surface area contributed by atoms with Crippen molar-refractivity contribution in [2.45, 2.75) is 18.9 Å². The van der Waals surface area contributed by atoms with Crippen LogP contribution in [-0.4, -0.2) is 42.4 Å². The molecule has 164 valence electrons. The number of hydrogen-bond acceptors (Lipinski definition) is 5. The largest absolute Gasteiger partial charge is 0.451 e. The zero-order chi connectivity index (χ0) is 22.1. The zero-order valence-corrected chi connectivity index (χ0v) is 17.7. The molecular weight excluding hydrogens is 404 g/mol. The first-order valence-corrected chi connectivity index (χ1v) is 11.0. The predicted octanol–water partition coefficient (Wildman–Crippen LogP) is 3.61. The minimum absolute atomic E-state index is 0.164. The second kappa shape index (κ2) is 8.51. The summed E-state index contributed by atoms with van der Waals surface area (Å²) < 4.78 is 5.83. The summed E-state index contributed by atoms with van der Waals surface area (Å²) in [6, 6.07) is 17.8. The van der Waals surface area contributed by atoms with E-state index < -0.39 is 0 Å². The third-order valence-electron chi connectivity index (χ3n) is 6.40. The van der Waals surface area contributed by atoms with Crippen LogP contribution in [0, 0.1) is 5.92 Å². The fourth-order valence-electron chi connectivity index (χ4n) is 4.54. The summed E-state index contributed by atoms with van der Waals surface area (Å²) in [7, 11) is 0. The zero-order valence-electron chi connectivity index (χ0n) is 17.7. The average Bonchev–Trinajstić information content (AvgIpc) is 3.31. The molecular formula is C25H26N4O3. The fraction of sp³-hybridized carbons (Fsp3) is 0.280. The van der Waals surface area contributed by atoms with Crippen LogP contribution in [0.5, 0.6) is 0 Å². The van der Waals surface area contributed by atoms with Gasteiger partial charge in [-0.3, -0.25) is 9.59 Å². The maximum Gasteiger partial charge on any atom is 0.287 e. The first-order valence-electron chi connectivity index (χ1n) is 11.0. The van der Waals surface area contributed by atoms with Crippen molar-refractivity contribution in [1.82, 2.24) is 10.2 Å². The number of nitrogens with zero attached hydrogens (tertiary/aromatic N) is 1. The monoisotopic (exact) mass is 430 g/mol. The van der Waals surface area contributed by atoms with Gasteiger partial charge in [-0.25, -0.2) is 0 Å². The quantitative estimate of drug-likeness (QED) is 0.537. The van der Waals surface area contributed by atoms with Crippen molar-refractivity contribution < 1.29 is 14.0 Å². The molecule has 2 aromatic carbocycles. The van der Waals surface area contributed by atoms with E-state index in [0.29, 0.717) is 34.4 Å². The number of anilines is 2. The molecule has 3 aromatic rings. The molecule has 0 radical (unpaired) electrons. The van der Waals surface area contributed by atoms with Crippen LogP contribution in [0.15, 0.2) is 65.1 Å². The molecule has 0 saturated carbocycles. The number of fused-ring (bicyclic) bond motifs is 3.